The van der Waals surface area contributed by atoms with Crippen molar-refractivity contribution >= 4 is 34.7 Å². The van der Waals surface area contributed by atoms with Gasteiger partial charge in [0.2, 0.25) is 29.7 Å². The molecule has 3 aromatic rings. The van der Waals surface area contributed by atoms with Gasteiger partial charge < -0.3 is 29.5 Å². The second-order valence-corrected chi connectivity index (χ2v) is 10.1. The molecule has 3 aliphatic rings. The Hall–Kier alpha value is -3.98. The molecule has 3 saturated heterocycles. The first kappa shape index (κ1) is 27.2. The molecule has 0 atom stereocenters. The van der Waals surface area contributed by atoms with E-state index >= 15 is 0 Å². The third-order valence-corrected chi connectivity index (χ3v) is 7.37. The highest BCUT2D eigenvalue weighted by atomic mass is 19.3. The molecule has 218 valence electrons. The van der Waals surface area contributed by atoms with Crippen LogP contribution in [0.4, 0.5) is 20.7 Å². The van der Waals surface area contributed by atoms with Crippen LogP contribution in [0.5, 0.6) is 0 Å². The first-order valence-corrected chi connectivity index (χ1v) is 13.7. The van der Waals surface area contributed by atoms with Crippen LogP contribution < -0.4 is 10.2 Å². The van der Waals surface area contributed by atoms with Gasteiger partial charge in [-0.05, 0) is 12.1 Å². The summed E-state index contributed by atoms with van der Waals surface area (Å²) in [5.74, 6) is -0.00573. The third kappa shape index (κ3) is 5.91. The fourth-order valence-corrected chi connectivity index (χ4v) is 5.12. The standard InChI is InChI=1S/C26H31F2N9O4/c27-22(28)23-30-18-3-1-2-4-19(18)37(23)26-32-24(31-25(33-26)35-9-13-41-14-10-35)29-17-15-36(16-17)21(39)6-5-20(38)34-7-11-40-12-8-34/h1-4,17,22H,5-16H2,(H,29,31,32,33). The number of nitrogens with zero attached hydrogens (tertiary/aromatic N) is 8. The van der Waals surface area contributed by atoms with Crippen LogP contribution in [-0.4, -0.2) is 118 Å². The van der Waals surface area contributed by atoms with Gasteiger partial charge >= 0.3 is 0 Å². The molecule has 41 heavy (non-hydrogen) atoms. The zero-order valence-corrected chi connectivity index (χ0v) is 22.4. The molecule has 15 heteroatoms. The van der Waals surface area contributed by atoms with Gasteiger partial charge in [-0.15, -0.1) is 0 Å². The van der Waals surface area contributed by atoms with Gasteiger partial charge in [0.05, 0.1) is 43.5 Å². The number of alkyl halides is 2. The largest absolute Gasteiger partial charge is 0.378 e. The zero-order chi connectivity index (χ0) is 28.3. The van der Waals surface area contributed by atoms with Crippen molar-refractivity contribution in [2.24, 2.45) is 0 Å². The lowest BCUT2D eigenvalue weighted by Crippen LogP contribution is -2.57. The van der Waals surface area contributed by atoms with Crippen LogP contribution in [-0.2, 0) is 19.1 Å². The van der Waals surface area contributed by atoms with E-state index in [1.54, 1.807) is 34.1 Å². The van der Waals surface area contributed by atoms with Gasteiger partial charge in [-0.3, -0.25) is 14.2 Å². The number of benzene rings is 1. The number of morpholine rings is 2. The van der Waals surface area contributed by atoms with E-state index in [1.807, 2.05) is 4.90 Å². The highest BCUT2D eigenvalue weighted by Gasteiger charge is 2.32. The second kappa shape index (κ2) is 11.9. The summed E-state index contributed by atoms with van der Waals surface area (Å²) >= 11 is 0. The minimum Gasteiger partial charge on any atom is -0.378 e. The van der Waals surface area contributed by atoms with Crippen LogP contribution >= 0.6 is 0 Å². The molecule has 0 spiro atoms. The first-order chi connectivity index (χ1) is 20.0. The van der Waals surface area contributed by atoms with Crippen molar-refractivity contribution in [2.75, 3.05) is 75.9 Å². The SMILES string of the molecule is O=C(CCC(=O)N1CC(Nc2nc(N3CCOCC3)nc(-n3c(C(F)F)nc4ccccc43)n2)C1)N1CCOCC1. The monoisotopic (exact) mass is 571 g/mol. The predicted molar refractivity (Wildman–Crippen MR) is 143 cm³/mol. The van der Waals surface area contributed by atoms with E-state index in [2.05, 4.69) is 25.3 Å². The summed E-state index contributed by atoms with van der Waals surface area (Å²) in [5.41, 5.74) is 0.866. The van der Waals surface area contributed by atoms with Crippen LogP contribution in [0.15, 0.2) is 24.3 Å². The van der Waals surface area contributed by atoms with Gasteiger partial charge in [-0.2, -0.15) is 15.0 Å². The normalized spacial score (nSPS) is 18.2. The van der Waals surface area contributed by atoms with Crippen molar-refractivity contribution in [3.63, 3.8) is 0 Å². The molecule has 3 aliphatic heterocycles. The number of anilines is 2. The molecule has 2 aromatic heterocycles. The number of rotatable bonds is 8. The lowest BCUT2D eigenvalue weighted by atomic mass is 10.1. The maximum absolute atomic E-state index is 14.1. The number of para-hydroxylation sites is 2. The lowest BCUT2D eigenvalue weighted by molar-refractivity contribution is -0.141. The molecular weight excluding hydrogens is 540 g/mol. The van der Waals surface area contributed by atoms with Gasteiger partial charge in [0.15, 0.2) is 5.82 Å². The van der Waals surface area contributed by atoms with E-state index in [-0.39, 0.29) is 42.6 Å². The number of amides is 2. The van der Waals surface area contributed by atoms with Crippen LogP contribution in [0.2, 0.25) is 0 Å². The fraction of sp³-hybridized carbons (Fsp3) is 0.538. The van der Waals surface area contributed by atoms with Crippen LogP contribution in [0.3, 0.4) is 0 Å². The van der Waals surface area contributed by atoms with E-state index < -0.39 is 12.2 Å². The van der Waals surface area contributed by atoms with E-state index in [4.69, 9.17) is 9.47 Å². The van der Waals surface area contributed by atoms with E-state index in [0.29, 0.717) is 82.7 Å². The zero-order valence-electron chi connectivity index (χ0n) is 22.4. The Morgan fingerprint density at radius 3 is 2.20 bits per heavy atom. The minimum absolute atomic E-state index is 0.0295. The Balaban J connectivity index is 1.17. The minimum atomic E-state index is -2.84. The molecule has 0 radical (unpaired) electrons. The van der Waals surface area contributed by atoms with Crippen molar-refractivity contribution in [2.45, 2.75) is 25.3 Å². The average Bonchev–Trinajstić information content (AvgIpc) is 3.38. The topological polar surface area (TPSA) is 131 Å². The van der Waals surface area contributed by atoms with E-state index in [1.165, 1.54) is 4.57 Å². The molecule has 3 fully saturated rings. The van der Waals surface area contributed by atoms with Crippen LogP contribution in [0.25, 0.3) is 17.0 Å². The Labute approximate surface area is 234 Å². The molecule has 1 N–H and O–H groups in total. The number of imidazole rings is 1. The van der Waals surface area contributed by atoms with Crippen molar-refractivity contribution < 1.29 is 27.8 Å². The molecule has 0 unspecified atom stereocenters. The van der Waals surface area contributed by atoms with Crippen molar-refractivity contribution in [3.8, 4) is 5.95 Å². The van der Waals surface area contributed by atoms with Gasteiger partial charge in [-0.25, -0.2) is 13.8 Å². The molecule has 6 rings (SSSR count). The number of carbonyl (C=O) groups excluding carboxylic acids is 2. The third-order valence-electron chi connectivity index (χ3n) is 7.37. The number of likely N-dealkylation sites (tertiary alicyclic amines) is 1. The summed E-state index contributed by atoms with van der Waals surface area (Å²) in [6.45, 7) is 5.05. The number of halogens is 2. The van der Waals surface area contributed by atoms with Crippen molar-refractivity contribution in [3.05, 3.63) is 30.1 Å². The van der Waals surface area contributed by atoms with Crippen molar-refractivity contribution in [1.82, 2.24) is 34.3 Å². The number of hydrogen-bond acceptors (Lipinski definition) is 10. The highest BCUT2D eigenvalue weighted by Crippen LogP contribution is 2.28. The summed E-state index contributed by atoms with van der Waals surface area (Å²) in [7, 11) is 0. The Kier molecular flexibility index (Phi) is 7.87. The quantitative estimate of drug-likeness (QED) is 0.422. The molecule has 2 amide bonds. The molecule has 0 aliphatic carbocycles. The summed E-state index contributed by atoms with van der Waals surface area (Å²) in [6.07, 6.45) is -2.54. The smallest absolute Gasteiger partial charge is 0.296 e. The maximum atomic E-state index is 14.1. The van der Waals surface area contributed by atoms with Gasteiger partial charge in [-0.1, -0.05) is 12.1 Å². The summed E-state index contributed by atoms with van der Waals surface area (Å²) in [6, 6.07) is 6.69. The average molecular weight is 572 g/mol. The summed E-state index contributed by atoms with van der Waals surface area (Å²) in [4.78, 5) is 48.1. The molecular formula is C26H31F2N9O4. The van der Waals surface area contributed by atoms with E-state index in [9.17, 15) is 18.4 Å². The molecule has 1 aromatic carbocycles. The summed E-state index contributed by atoms with van der Waals surface area (Å²) in [5, 5.41) is 3.23. The van der Waals surface area contributed by atoms with E-state index in [0.717, 1.165) is 0 Å². The maximum Gasteiger partial charge on any atom is 0.296 e. The van der Waals surface area contributed by atoms with Gasteiger partial charge in [0.1, 0.15) is 0 Å². The molecule has 0 saturated carbocycles. The molecule has 13 nitrogen and oxygen atoms in total. The van der Waals surface area contributed by atoms with Gasteiger partial charge in [0.25, 0.3) is 6.43 Å². The lowest BCUT2D eigenvalue weighted by Gasteiger charge is -2.39. The number of ether oxygens (including phenoxy) is 2. The highest BCUT2D eigenvalue weighted by molar-refractivity contribution is 5.84. The number of hydrogen-bond donors (Lipinski definition) is 1. The van der Waals surface area contributed by atoms with Crippen LogP contribution in [0.1, 0.15) is 25.1 Å². The summed E-state index contributed by atoms with van der Waals surface area (Å²) < 4.78 is 40.1. The molecule has 0 bridgehead atoms. The Morgan fingerprint density at radius 1 is 0.854 bits per heavy atom. The number of aromatic nitrogens is 5. The van der Waals surface area contributed by atoms with Crippen molar-refractivity contribution in [1.29, 1.82) is 0 Å². The first-order valence-electron chi connectivity index (χ1n) is 13.7. The van der Waals surface area contributed by atoms with Crippen LogP contribution in [0, 0.1) is 0 Å². The van der Waals surface area contributed by atoms with Gasteiger partial charge in [0, 0.05) is 52.1 Å². The Morgan fingerprint density at radius 2 is 1.49 bits per heavy atom. The number of carbonyl (C=O) groups is 2. The number of fused-ring (bicyclic) bond motifs is 1. The Bertz CT molecular complexity index is 1400. The molecule has 5 heterocycles. The predicted octanol–water partition coefficient (Wildman–Crippen LogP) is 1.25. The number of nitrogens with one attached hydrogen (secondary N) is 1. The fourth-order valence-electron chi connectivity index (χ4n) is 5.12. The second-order valence-electron chi connectivity index (χ2n) is 10.1.